The van der Waals surface area contributed by atoms with E-state index in [4.69, 9.17) is 0 Å². The first-order valence-corrected chi connectivity index (χ1v) is 22.9. The first kappa shape index (κ1) is 37.2. The molecule has 2 atom stereocenters. The van der Waals surface area contributed by atoms with Crippen LogP contribution in [0.3, 0.4) is 0 Å². The maximum atomic E-state index is 2.91. The zero-order valence-corrected chi connectivity index (χ0v) is 37.8. The van der Waals surface area contributed by atoms with E-state index in [0.29, 0.717) is 0 Å². The molecule has 0 saturated heterocycles. The van der Waals surface area contributed by atoms with Gasteiger partial charge in [0, 0.05) is 39.1 Å². The van der Waals surface area contributed by atoms with Crippen LogP contribution in [0.2, 0.25) is 0 Å². The molecule has 7 aromatic carbocycles. The Morgan fingerprint density at radius 1 is 0.590 bits per heavy atom. The molecule has 0 N–H and O–H groups in total. The minimum absolute atomic E-state index is 0.00911. The number of fused-ring (bicyclic) bond motifs is 11. The van der Waals surface area contributed by atoms with Crippen molar-refractivity contribution in [3.8, 4) is 33.4 Å². The van der Waals surface area contributed by atoms with Crippen molar-refractivity contribution >= 4 is 51.3 Å². The Hall–Kier alpha value is -5.54. The van der Waals surface area contributed by atoms with Gasteiger partial charge in [-0.3, -0.25) is 0 Å². The van der Waals surface area contributed by atoms with Crippen LogP contribution in [0.4, 0.5) is 22.7 Å². The lowest BCUT2D eigenvalue weighted by Crippen LogP contribution is -2.64. The van der Waals surface area contributed by atoms with E-state index in [1.165, 1.54) is 137 Å². The van der Waals surface area contributed by atoms with Crippen molar-refractivity contribution in [2.24, 2.45) is 0 Å². The SMILES string of the molecule is Cc1cc(C)c(-c2cc3c4c(c2)N2c5c(cc(C(C)(C)C)cc5C5(C)CCCCC25C)B4N(c2ccc4c(c2)C(C)(C)c2ccccc2-4)c2cc4ccccc4cc2-3)c(C)c1. The van der Waals surface area contributed by atoms with E-state index in [0.717, 1.165) is 0 Å². The zero-order chi connectivity index (χ0) is 42.1. The fraction of sp³-hybridized carbons (Fsp3) is 0.310. The standard InChI is InChI=1S/C58H57BN2/c1-34-25-35(2)52(36(3)26-34)39-28-45-44-27-37-17-11-12-18-38(37)29-50(44)61(41-21-22-43-42-19-13-14-20-46(42)56(7,8)47(43)33-41)59-49-32-40(55(4,5)6)31-48-54(49)60(51(30-39)53(45)59)58(10)24-16-15-23-57(48,58)9/h11-14,17-22,25-33H,15-16,23-24H2,1-10H3. The summed E-state index contributed by atoms with van der Waals surface area (Å²) < 4.78 is 0. The van der Waals surface area contributed by atoms with Crippen LogP contribution in [0.15, 0.2) is 115 Å². The lowest BCUT2D eigenvalue weighted by Gasteiger charge is -2.53. The van der Waals surface area contributed by atoms with Crippen LogP contribution in [0.5, 0.6) is 0 Å². The number of hydrogen-bond acceptors (Lipinski definition) is 2. The van der Waals surface area contributed by atoms with Gasteiger partial charge in [0.1, 0.15) is 0 Å². The highest BCUT2D eigenvalue weighted by atomic mass is 15.3. The molecule has 3 heteroatoms. The molecule has 2 nitrogen and oxygen atoms in total. The van der Waals surface area contributed by atoms with Crippen LogP contribution in [-0.2, 0) is 16.2 Å². The monoisotopic (exact) mass is 792 g/mol. The Bertz CT molecular complexity index is 3070. The third-order valence-corrected chi connectivity index (χ3v) is 16.5. The Morgan fingerprint density at radius 3 is 2.03 bits per heavy atom. The molecule has 0 aromatic heterocycles. The van der Waals surface area contributed by atoms with Crippen molar-refractivity contribution in [2.45, 2.75) is 117 Å². The van der Waals surface area contributed by atoms with Gasteiger partial charge in [0.2, 0.25) is 0 Å². The van der Waals surface area contributed by atoms with Crippen LogP contribution in [0.25, 0.3) is 44.2 Å². The molecule has 0 amide bonds. The minimum Gasteiger partial charge on any atom is -0.376 e. The maximum absolute atomic E-state index is 2.91. The number of anilines is 4. The zero-order valence-electron chi connectivity index (χ0n) is 37.8. The normalized spacial score (nSPS) is 21.2. The average Bonchev–Trinajstić information content (AvgIpc) is 3.58. The van der Waals surface area contributed by atoms with E-state index in [-0.39, 0.29) is 28.6 Å². The summed E-state index contributed by atoms with van der Waals surface area (Å²) in [5.74, 6) is 0. The van der Waals surface area contributed by atoms with Gasteiger partial charge in [-0.15, -0.1) is 0 Å². The number of hydrogen-bond donors (Lipinski definition) is 0. The largest absolute Gasteiger partial charge is 0.376 e. The molecule has 7 aromatic rings. The molecule has 1 saturated carbocycles. The quantitative estimate of drug-likeness (QED) is 0.161. The van der Waals surface area contributed by atoms with Crippen LogP contribution >= 0.6 is 0 Å². The number of aryl methyl sites for hydroxylation is 3. The summed E-state index contributed by atoms with van der Waals surface area (Å²) in [4.78, 5) is 5.69. The van der Waals surface area contributed by atoms with Gasteiger partial charge in [-0.1, -0.05) is 139 Å². The Kier molecular flexibility index (Phi) is 7.38. The molecule has 3 heterocycles. The summed E-state index contributed by atoms with van der Waals surface area (Å²) in [6.07, 6.45) is 4.92. The molecule has 3 aliphatic heterocycles. The smallest absolute Gasteiger partial charge is 0.333 e. The van der Waals surface area contributed by atoms with E-state index in [1.54, 1.807) is 5.56 Å². The molecule has 0 radical (unpaired) electrons. The molecular formula is C58H57BN2. The highest BCUT2D eigenvalue weighted by Crippen LogP contribution is 2.63. The molecule has 0 bridgehead atoms. The van der Waals surface area contributed by atoms with Crippen molar-refractivity contribution in [3.63, 3.8) is 0 Å². The van der Waals surface area contributed by atoms with Gasteiger partial charge in [0.25, 0.3) is 0 Å². The van der Waals surface area contributed by atoms with E-state index in [9.17, 15) is 0 Å². The molecule has 12 rings (SSSR count). The lowest BCUT2D eigenvalue weighted by atomic mass is 9.43. The van der Waals surface area contributed by atoms with Crippen molar-refractivity contribution in [2.75, 3.05) is 9.71 Å². The summed E-state index contributed by atoms with van der Waals surface area (Å²) in [6, 6.07) is 45.8. The third kappa shape index (κ3) is 4.76. The predicted octanol–water partition coefficient (Wildman–Crippen LogP) is 14.0. The molecule has 1 fully saturated rings. The summed E-state index contributed by atoms with van der Waals surface area (Å²) >= 11 is 0. The van der Waals surface area contributed by atoms with Gasteiger partial charge in [-0.2, -0.15) is 0 Å². The van der Waals surface area contributed by atoms with Gasteiger partial charge in [0.05, 0.1) is 5.54 Å². The molecule has 2 aliphatic carbocycles. The van der Waals surface area contributed by atoms with E-state index in [1.807, 2.05) is 0 Å². The number of nitrogens with zero attached hydrogens (tertiary/aromatic N) is 2. The van der Waals surface area contributed by atoms with Crippen molar-refractivity contribution in [3.05, 3.63) is 154 Å². The van der Waals surface area contributed by atoms with Crippen molar-refractivity contribution < 1.29 is 0 Å². The van der Waals surface area contributed by atoms with Crippen LogP contribution < -0.4 is 20.6 Å². The fourth-order valence-electron chi connectivity index (χ4n) is 13.3. The van der Waals surface area contributed by atoms with Gasteiger partial charge in [-0.05, 0) is 165 Å². The van der Waals surface area contributed by atoms with Gasteiger partial charge in [-0.25, -0.2) is 0 Å². The second-order valence-electron chi connectivity index (χ2n) is 21.5. The van der Waals surface area contributed by atoms with Crippen molar-refractivity contribution in [1.29, 1.82) is 0 Å². The van der Waals surface area contributed by atoms with E-state index >= 15 is 0 Å². The molecule has 0 spiro atoms. The fourth-order valence-corrected chi connectivity index (χ4v) is 13.3. The van der Waals surface area contributed by atoms with Crippen LogP contribution in [0.1, 0.15) is 113 Å². The van der Waals surface area contributed by atoms with E-state index in [2.05, 4.69) is 194 Å². The Balaban J connectivity index is 1.24. The molecule has 61 heavy (non-hydrogen) atoms. The first-order valence-electron chi connectivity index (χ1n) is 22.9. The second kappa shape index (κ2) is 12.1. The molecule has 5 aliphatic rings. The summed E-state index contributed by atoms with van der Waals surface area (Å²) in [7, 11) is 0. The highest BCUT2D eigenvalue weighted by molar-refractivity contribution is 6.93. The molecule has 2 unspecified atom stereocenters. The summed E-state index contributed by atoms with van der Waals surface area (Å²) in [5.41, 5.74) is 26.2. The molecular weight excluding hydrogens is 735 g/mol. The second-order valence-corrected chi connectivity index (χ2v) is 21.5. The number of benzene rings is 7. The topological polar surface area (TPSA) is 6.48 Å². The Labute approximate surface area is 363 Å². The number of rotatable bonds is 2. The van der Waals surface area contributed by atoms with Crippen LogP contribution in [-0.4, -0.2) is 12.4 Å². The van der Waals surface area contributed by atoms with Gasteiger partial charge in [0.15, 0.2) is 0 Å². The molecule has 302 valence electrons. The van der Waals surface area contributed by atoms with Crippen molar-refractivity contribution in [1.82, 2.24) is 0 Å². The summed E-state index contributed by atoms with van der Waals surface area (Å²) in [5, 5.41) is 2.57. The highest BCUT2D eigenvalue weighted by Gasteiger charge is 2.62. The maximum Gasteiger partial charge on any atom is 0.333 e. The first-order chi connectivity index (χ1) is 29.1. The lowest BCUT2D eigenvalue weighted by molar-refractivity contribution is 0.195. The summed E-state index contributed by atoms with van der Waals surface area (Å²) in [6.45, 7) is 24.2. The minimum atomic E-state index is -0.110. The Morgan fingerprint density at radius 2 is 1.28 bits per heavy atom. The van der Waals surface area contributed by atoms with Crippen LogP contribution in [0, 0.1) is 20.8 Å². The van der Waals surface area contributed by atoms with Gasteiger partial charge < -0.3 is 9.71 Å². The van der Waals surface area contributed by atoms with E-state index < -0.39 is 0 Å². The van der Waals surface area contributed by atoms with Gasteiger partial charge >= 0.3 is 6.85 Å². The predicted molar refractivity (Wildman–Crippen MR) is 262 cm³/mol. The average molecular weight is 793 g/mol. The third-order valence-electron chi connectivity index (χ3n) is 16.5.